The van der Waals surface area contributed by atoms with Gasteiger partial charge >= 0.3 is 0 Å². The SMILES string of the molecule is COc1ccc2c(c1)[C@@H]1c3ccccc3CN[C@H]1CC2.Cl. The third-order valence-electron chi connectivity index (χ3n) is 4.76. The Labute approximate surface area is 131 Å². The van der Waals surface area contributed by atoms with Gasteiger partial charge in [0.25, 0.3) is 0 Å². The summed E-state index contributed by atoms with van der Waals surface area (Å²) in [4.78, 5) is 0. The summed E-state index contributed by atoms with van der Waals surface area (Å²) in [6.45, 7) is 0.997. The Morgan fingerprint density at radius 2 is 1.90 bits per heavy atom. The minimum Gasteiger partial charge on any atom is -0.497 e. The van der Waals surface area contributed by atoms with Gasteiger partial charge < -0.3 is 10.1 Å². The van der Waals surface area contributed by atoms with Gasteiger partial charge in [-0.3, -0.25) is 0 Å². The van der Waals surface area contributed by atoms with Gasteiger partial charge in [0.15, 0.2) is 0 Å². The van der Waals surface area contributed by atoms with E-state index in [1.165, 1.54) is 28.7 Å². The van der Waals surface area contributed by atoms with Crippen LogP contribution in [0.3, 0.4) is 0 Å². The van der Waals surface area contributed by atoms with Crippen LogP contribution in [0.4, 0.5) is 0 Å². The first kappa shape index (κ1) is 14.4. The summed E-state index contributed by atoms with van der Waals surface area (Å²) >= 11 is 0. The zero-order valence-electron chi connectivity index (χ0n) is 12.1. The fourth-order valence-electron chi connectivity index (χ4n) is 3.76. The van der Waals surface area contributed by atoms with E-state index in [0.717, 1.165) is 18.7 Å². The van der Waals surface area contributed by atoms with Crippen LogP contribution < -0.4 is 10.1 Å². The number of aryl methyl sites for hydroxylation is 1. The highest BCUT2D eigenvalue weighted by molar-refractivity contribution is 5.85. The van der Waals surface area contributed by atoms with Crippen LogP contribution in [-0.4, -0.2) is 13.2 Å². The largest absolute Gasteiger partial charge is 0.497 e. The number of ether oxygens (including phenoxy) is 1. The normalized spacial score (nSPS) is 22.3. The molecule has 0 spiro atoms. The molecule has 0 saturated heterocycles. The molecule has 0 radical (unpaired) electrons. The second kappa shape index (κ2) is 5.70. The number of benzene rings is 2. The highest BCUT2D eigenvalue weighted by atomic mass is 35.5. The second-order valence-corrected chi connectivity index (χ2v) is 5.77. The maximum absolute atomic E-state index is 5.43. The van der Waals surface area contributed by atoms with E-state index in [1.54, 1.807) is 7.11 Å². The van der Waals surface area contributed by atoms with E-state index in [0.29, 0.717) is 12.0 Å². The van der Waals surface area contributed by atoms with Gasteiger partial charge in [0, 0.05) is 18.5 Å². The van der Waals surface area contributed by atoms with E-state index in [4.69, 9.17) is 4.74 Å². The van der Waals surface area contributed by atoms with Gasteiger partial charge in [0.1, 0.15) is 5.75 Å². The minimum absolute atomic E-state index is 0. The van der Waals surface area contributed by atoms with Crippen molar-refractivity contribution in [2.24, 2.45) is 0 Å². The summed E-state index contributed by atoms with van der Waals surface area (Å²) in [5.74, 6) is 1.44. The molecule has 2 aromatic rings. The Bertz CT molecular complexity index is 655. The minimum atomic E-state index is 0. The van der Waals surface area contributed by atoms with E-state index >= 15 is 0 Å². The Balaban J connectivity index is 0.00000132. The van der Waals surface area contributed by atoms with Crippen molar-refractivity contribution in [3.05, 3.63) is 64.7 Å². The molecule has 1 aliphatic carbocycles. The van der Waals surface area contributed by atoms with E-state index in [-0.39, 0.29) is 12.4 Å². The Morgan fingerprint density at radius 1 is 1.05 bits per heavy atom. The van der Waals surface area contributed by atoms with Gasteiger partial charge in [-0.1, -0.05) is 30.3 Å². The monoisotopic (exact) mass is 301 g/mol. The summed E-state index contributed by atoms with van der Waals surface area (Å²) in [5, 5.41) is 3.71. The fraction of sp³-hybridized carbons (Fsp3) is 0.333. The van der Waals surface area contributed by atoms with Crippen LogP contribution >= 0.6 is 12.4 Å². The maximum Gasteiger partial charge on any atom is 0.119 e. The van der Waals surface area contributed by atoms with Crippen LogP contribution in [0, 0.1) is 0 Å². The summed E-state index contributed by atoms with van der Waals surface area (Å²) in [6.07, 6.45) is 2.38. The van der Waals surface area contributed by atoms with Gasteiger partial charge in [0.2, 0.25) is 0 Å². The third-order valence-corrected chi connectivity index (χ3v) is 4.76. The molecule has 2 aliphatic rings. The summed E-state index contributed by atoms with van der Waals surface area (Å²) in [7, 11) is 1.75. The van der Waals surface area contributed by atoms with E-state index in [1.807, 2.05) is 0 Å². The molecule has 110 valence electrons. The molecule has 21 heavy (non-hydrogen) atoms. The van der Waals surface area contributed by atoms with Gasteiger partial charge in [-0.05, 0) is 47.2 Å². The van der Waals surface area contributed by atoms with Crippen LogP contribution in [0.2, 0.25) is 0 Å². The molecule has 4 rings (SSSR count). The highest BCUT2D eigenvalue weighted by Gasteiger charge is 2.34. The van der Waals surface area contributed by atoms with Crippen molar-refractivity contribution < 1.29 is 4.74 Å². The van der Waals surface area contributed by atoms with Crippen molar-refractivity contribution in [1.82, 2.24) is 5.32 Å². The van der Waals surface area contributed by atoms with E-state index in [2.05, 4.69) is 47.8 Å². The van der Waals surface area contributed by atoms with Crippen molar-refractivity contribution in [3.8, 4) is 5.75 Å². The van der Waals surface area contributed by atoms with Crippen LogP contribution in [0.5, 0.6) is 5.75 Å². The average molecular weight is 302 g/mol. The molecule has 1 heterocycles. The number of rotatable bonds is 1. The molecule has 0 saturated carbocycles. The lowest BCUT2D eigenvalue weighted by Crippen LogP contribution is -2.42. The molecular formula is C18H20ClNO. The molecule has 0 amide bonds. The predicted molar refractivity (Wildman–Crippen MR) is 87.5 cm³/mol. The standard InChI is InChI=1S/C18H19NO.ClH/c1-20-14-8-6-12-7-9-17-18(16(12)10-14)15-5-3-2-4-13(15)11-19-17;/h2-6,8,10,17-19H,7,9,11H2,1H3;1H/t17-,18-;/m0./s1. The molecular weight excluding hydrogens is 282 g/mol. The van der Waals surface area contributed by atoms with Gasteiger partial charge in [0.05, 0.1) is 7.11 Å². The molecule has 2 atom stereocenters. The van der Waals surface area contributed by atoms with Crippen molar-refractivity contribution >= 4 is 12.4 Å². The van der Waals surface area contributed by atoms with Crippen LogP contribution in [-0.2, 0) is 13.0 Å². The lowest BCUT2D eigenvalue weighted by molar-refractivity contribution is 0.387. The van der Waals surface area contributed by atoms with E-state index < -0.39 is 0 Å². The lowest BCUT2D eigenvalue weighted by Gasteiger charge is -2.39. The quantitative estimate of drug-likeness (QED) is 0.868. The molecule has 0 aromatic heterocycles. The second-order valence-electron chi connectivity index (χ2n) is 5.77. The Morgan fingerprint density at radius 3 is 2.76 bits per heavy atom. The predicted octanol–water partition coefficient (Wildman–Crippen LogP) is 3.67. The first-order valence-electron chi connectivity index (χ1n) is 7.35. The van der Waals surface area contributed by atoms with Crippen LogP contribution in [0.25, 0.3) is 0 Å². The van der Waals surface area contributed by atoms with Crippen molar-refractivity contribution in [2.75, 3.05) is 7.11 Å². The number of hydrogen-bond acceptors (Lipinski definition) is 2. The number of halogens is 1. The molecule has 2 nitrogen and oxygen atoms in total. The Hall–Kier alpha value is -1.51. The van der Waals surface area contributed by atoms with Gasteiger partial charge in [-0.15, -0.1) is 12.4 Å². The lowest BCUT2D eigenvalue weighted by atomic mass is 9.72. The van der Waals surface area contributed by atoms with Crippen molar-refractivity contribution in [2.45, 2.75) is 31.3 Å². The van der Waals surface area contributed by atoms with Gasteiger partial charge in [-0.25, -0.2) is 0 Å². The van der Waals surface area contributed by atoms with Crippen LogP contribution in [0.15, 0.2) is 42.5 Å². The first-order valence-corrected chi connectivity index (χ1v) is 7.35. The molecule has 1 aliphatic heterocycles. The molecule has 3 heteroatoms. The van der Waals surface area contributed by atoms with Crippen molar-refractivity contribution in [3.63, 3.8) is 0 Å². The number of nitrogens with one attached hydrogen (secondary N) is 1. The number of methoxy groups -OCH3 is 1. The van der Waals surface area contributed by atoms with Crippen molar-refractivity contribution in [1.29, 1.82) is 0 Å². The van der Waals surface area contributed by atoms with Crippen LogP contribution in [0.1, 0.15) is 34.6 Å². The van der Waals surface area contributed by atoms with Gasteiger partial charge in [-0.2, -0.15) is 0 Å². The highest BCUT2D eigenvalue weighted by Crippen LogP contribution is 2.41. The number of hydrogen-bond donors (Lipinski definition) is 1. The Kier molecular flexibility index (Phi) is 3.92. The smallest absolute Gasteiger partial charge is 0.119 e. The number of fused-ring (bicyclic) bond motifs is 5. The topological polar surface area (TPSA) is 21.3 Å². The summed E-state index contributed by atoms with van der Waals surface area (Å²) < 4.78 is 5.43. The molecule has 1 N–H and O–H groups in total. The summed E-state index contributed by atoms with van der Waals surface area (Å²) in [5.41, 5.74) is 5.85. The first-order chi connectivity index (χ1) is 9.86. The third kappa shape index (κ3) is 2.33. The molecule has 0 bridgehead atoms. The molecule has 0 fully saturated rings. The maximum atomic E-state index is 5.43. The fourth-order valence-corrected chi connectivity index (χ4v) is 3.76. The molecule has 2 aromatic carbocycles. The molecule has 0 unspecified atom stereocenters. The average Bonchev–Trinajstić information content (AvgIpc) is 2.53. The van der Waals surface area contributed by atoms with E-state index in [9.17, 15) is 0 Å². The zero-order chi connectivity index (χ0) is 13.5. The zero-order valence-corrected chi connectivity index (χ0v) is 13.0. The summed E-state index contributed by atoms with van der Waals surface area (Å²) in [6, 6.07) is 15.9.